The molecule has 8 heteroatoms. The fraction of sp³-hybridized carbons (Fsp3) is 0. The van der Waals surface area contributed by atoms with Gasteiger partial charge in [-0.15, -0.1) is 0 Å². The van der Waals surface area contributed by atoms with Gasteiger partial charge in [0.2, 0.25) is 0 Å². The van der Waals surface area contributed by atoms with E-state index in [0.29, 0.717) is 0 Å². The van der Waals surface area contributed by atoms with Crippen molar-refractivity contribution in [3.05, 3.63) is 7.43 Å². The van der Waals surface area contributed by atoms with Crippen LogP contribution in [0.4, 0.5) is 0 Å². The Morgan fingerprint density at radius 2 is 0.538 bits per heavy atom. The molecule has 0 saturated heterocycles. The molecular formula is C5N4S4. The van der Waals surface area contributed by atoms with Crippen molar-refractivity contribution in [1.29, 1.82) is 21.0 Å². The zero-order chi connectivity index (χ0) is 10.8. The molecule has 4 nitrogen and oxygen atoms in total. The van der Waals surface area contributed by atoms with Gasteiger partial charge in [0.05, 0.1) is 0 Å². The number of thiocyanates is 4. The van der Waals surface area contributed by atoms with E-state index in [-0.39, 0.29) is 7.43 Å². The van der Waals surface area contributed by atoms with Gasteiger partial charge in [0, 0.05) is 0 Å². The Morgan fingerprint density at radius 1 is 0.538 bits per heavy atom. The van der Waals surface area contributed by atoms with Crippen LogP contribution >= 0.6 is 0 Å². The van der Waals surface area contributed by atoms with Crippen molar-refractivity contribution in [2.45, 2.75) is 0 Å². The third kappa shape index (κ3) is 630. The summed E-state index contributed by atoms with van der Waals surface area (Å²) in [6, 6.07) is 0. The SMILES string of the molecule is N#C[S-].N#C[S-].N#C[S-].N#C[S-].[C+4]. The second-order valence-electron chi connectivity index (χ2n) is 0.365. The topological polar surface area (TPSA) is 95.2 Å². The molecule has 0 rings (SSSR count). The normalized spacial score (nSPS) is 2.15. The number of hydrogen-bond acceptors (Lipinski definition) is 8. The van der Waals surface area contributed by atoms with E-state index in [2.05, 4.69) is 50.5 Å². The van der Waals surface area contributed by atoms with Gasteiger partial charge in [-0.05, 0) is 0 Å². The minimum Gasteiger partial charge on any atom is -0.696 e. The predicted molar refractivity (Wildman–Crippen MR) is 55.2 cm³/mol. The Hall–Kier alpha value is -1.16. The summed E-state index contributed by atoms with van der Waals surface area (Å²) in [4.78, 5) is 0. The Balaban J connectivity index is -0.0000000213. The maximum atomic E-state index is 7.13. The molecule has 0 saturated carbocycles. The maximum Gasteiger partial charge on any atom is 4.00 e. The molecule has 0 aromatic carbocycles. The van der Waals surface area contributed by atoms with E-state index in [1.165, 1.54) is 21.6 Å². The molecule has 0 unspecified atom stereocenters. The summed E-state index contributed by atoms with van der Waals surface area (Å²) in [5.41, 5.74) is 0. The summed E-state index contributed by atoms with van der Waals surface area (Å²) in [7, 11) is 0. The zero-order valence-corrected chi connectivity index (χ0v) is 9.19. The molecule has 0 bridgehead atoms. The van der Waals surface area contributed by atoms with Gasteiger partial charge in [0.1, 0.15) is 0 Å². The average molecular weight is 244 g/mol. The van der Waals surface area contributed by atoms with Crippen molar-refractivity contribution in [2.75, 3.05) is 0 Å². The maximum absolute atomic E-state index is 7.13. The molecule has 13 heavy (non-hydrogen) atoms. The van der Waals surface area contributed by atoms with Crippen molar-refractivity contribution in [3.8, 4) is 21.6 Å². The minimum atomic E-state index is 0. The van der Waals surface area contributed by atoms with Gasteiger partial charge in [-0.25, -0.2) is 21.0 Å². The van der Waals surface area contributed by atoms with Crippen LogP contribution in [0.15, 0.2) is 0 Å². The fourth-order valence-electron chi connectivity index (χ4n) is 0. The number of hydrogen-bond donors (Lipinski definition) is 0. The van der Waals surface area contributed by atoms with Gasteiger partial charge in [-0.3, -0.25) is 0 Å². The molecule has 0 aliphatic heterocycles. The molecule has 0 N–H and O–H groups in total. The Morgan fingerprint density at radius 3 is 0.538 bits per heavy atom. The van der Waals surface area contributed by atoms with E-state index in [9.17, 15) is 0 Å². The third-order valence-corrected chi connectivity index (χ3v) is 0. The molecular weight excluding hydrogens is 244 g/mol. The molecule has 0 spiro atoms. The van der Waals surface area contributed by atoms with Gasteiger partial charge < -0.3 is 50.5 Å². The van der Waals surface area contributed by atoms with Gasteiger partial charge >= 0.3 is 7.43 Å². The second-order valence-corrected chi connectivity index (χ2v) is 1.10. The molecule has 0 aliphatic carbocycles. The smallest absolute Gasteiger partial charge is 0.696 e. The molecule has 0 fully saturated rings. The van der Waals surface area contributed by atoms with Crippen LogP contribution in [-0.2, 0) is 50.5 Å². The van der Waals surface area contributed by atoms with E-state index < -0.39 is 0 Å². The van der Waals surface area contributed by atoms with Crippen LogP contribution in [-0.4, -0.2) is 0 Å². The molecule has 0 heterocycles. The zero-order valence-electron chi connectivity index (χ0n) is 5.92. The molecule has 0 aliphatic rings. The summed E-state index contributed by atoms with van der Waals surface area (Å²) in [5, 5.41) is 33.9. The van der Waals surface area contributed by atoms with Crippen molar-refractivity contribution < 1.29 is 0 Å². The van der Waals surface area contributed by atoms with E-state index in [1.54, 1.807) is 0 Å². The Labute approximate surface area is 100 Å². The number of nitrogens with zero attached hydrogens (tertiary/aromatic N) is 4. The Kier molecular flexibility index (Phi) is 298. The van der Waals surface area contributed by atoms with Crippen LogP contribution in [0.25, 0.3) is 0 Å². The van der Waals surface area contributed by atoms with Gasteiger partial charge in [-0.2, -0.15) is 0 Å². The van der Waals surface area contributed by atoms with E-state index in [4.69, 9.17) is 21.0 Å². The summed E-state index contributed by atoms with van der Waals surface area (Å²) >= 11 is 14.8. The quantitative estimate of drug-likeness (QED) is 0.438. The summed E-state index contributed by atoms with van der Waals surface area (Å²) in [6.07, 6.45) is 0. The number of nitriles is 4. The van der Waals surface area contributed by atoms with E-state index in [1.807, 2.05) is 0 Å². The molecule has 0 radical (unpaired) electrons. The van der Waals surface area contributed by atoms with Crippen molar-refractivity contribution >= 4 is 50.5 Å². The average Bonchev–Trinajstić information content (AvgIpc) is 1.92. The van der Waals surface area contributed by atoms with E-state index >= 15 is 0 Å². The first-order valence-electron chi connectivity index (χ1n) is 1.71. The Bertz CT molecular complexity index is 155. The van der Waals surface area contributed by atoms with Crippen LogP contribution < -0.4 is 0 Å². The predicted octanol–water partition coefficient (Wildman–Crippen LogP) is 0.139. The largest absolute Gasteiger partial charge is 4.00 e. The summed E-state index contributed by atoms with van der Waals surface area (Å²) < 4.78 is 0. The van der Waals surface area contributed by atoms with Gasteiger partial charge in [-0.1, -0.05) is 21.6 Å². The third-order valence-electron chi connectivity index (χ3n) is 0. The summed E-state index contributed by atoms with van der Waals surface area (Å²) in [5.74, 6) is 0. The first-order valence-corrected chi connectivity index (χ1v) is 3.34. The van der Waals surface area contributed by atoms with Crippen LogP contribution in [0.3, 0.4) is 0 Å². The monoisotopic (exact) mass is 244 g/mol. The molecule has 0 atom stereocenters. The van der Waals surface area contributed by atoms with Gasteiger partial charge in [0.15, 0.2) is 0 Å². The van der Waals surface area contributed by atoms with Crippen LogP contribution in [0, 0.1) is 50.1 Å². The van der Waals surface area contributed by atoms with Crippen molar-refractivity contribution in [3.63, 3.8) is 0 Å². The fourth-order valence-corrected chi connectivity index (χ4v) is 0. The first-order chi connectivity index (χ1) is 5.66. The molecule has 0 amide bonds. The van der Waals surface area contributed by atoms with Crippen LogP contribution in [0.1, 0.15) is 0 Å². The molecule has 64 valence electrons. The first kappa shape index (κ1) is 29.7. The summed E-state index contributed by atoms with van der Waals surface area (Å²) in [6.45, 7) is 0. The van der Waals surface area contributed by atoms with E-state index in [0.717, 1.165) is 0 Å². The van der Waals surface area contributed by atoms with Crippen LogP contribution in [0.5, 0.6) is 0 Å². The second kappa shape index (κ2) is 130. The van der Waals surface area contributed by atoms with Crippen molar-refractivity contribution in [2.24, 2.45) is 0 Å². The number of rotatable bonds is 0. The van der Waals surface area contributed by atoms with Crippen molar-refractivity contribution in [1.82, 2.24) is 0 Å². The molecule has 0 aromatic rings. The molecule has 0 aromatic heterocycles. The van der Waals surface area contributed by atoms with Gasteiger partial charge in [0.25, 0.3) is 0 Å². The van der Waals surface area contributed by atoms with Crippen LogP contribution in [0.2, 0.25) is 0 Å². The standard InChI is InChI=1S/4CHNS.C/c4*2-1-3;/h4*3H;/q;;;;+4/p-4. The minimum absolute atomic E-state index is 0.